The van der Waals surface area contributed by atoms with Crippen LogP contribution >= 0.6 is 0 Å². The fourth-order valence-electron chi connectivity index (χ4n) is 2.03. The maximum atomic E-state index is 12.4. The number of aryl methyl sites for hydroxylation is 3. The van der Waals surface area contributed by atoms with Gasteiger partial charge >= 0.3 is 0 Å². The number of rotatable bonds is 4. The number of anilines is 2. The Morgan fingerprint density at radius 3 is 2.75 bits per heavy atom. The first kappa shape index (κ1) is 14.1. The second kappa shape index (κ2) is 5.77. The number of hydrogen-bond donors (Lipinski definition) is 2. The molecule has 0 bridgehead atoms. The Hall–Kier alpha value is -2.30. The molecule has 5 nitrogen and oxygen atoms in total. The van der Waals surface area contributed by atoms with Crippen LogP contribution in [-0.4, -0.2) is 15.7 Å². The summed E-state index contributed by atoms with van der Waals surface area (Å²) in [4.78, 5) is 12.4. The van der Waals surface area contributed by atoms with Crippen LogP contribution in [0.2, 0.25) is 0 Å². The van der Waals surface area contributed by atoms with Gasteiger partial charge in [-0.3, -0.25) is 9.48 Å². The van der Waals surface area contributed by atoms with Gasteiger partial charge in [0.25, 0.3) is 5.91 Å². The molecule has 1 heterocycles. The number of carbonyl (C=O) groups excluding carboxylic acids is 1. The number of carbonyl (C=O) groups is 1. The third-order valence-corrected chi connectivity index (χ3v) is 3.23. The van der Waals surface area contributed by atoms with E-state index in [1.807, 2.05) is 39.0 Å². The molecule has 0 radical (unpaired) electrons. The zero-order chi connectivity index (χ0) is 14.7. The lowest BCUT2D eigenvalue weighted by molar-refractivity contribution is 0.101. The summed E-state index contributed by atoms with van der Waals surface area (Å²) >= 11 is 0. The largest absolute Gasteiger partial charge is 0.399 e. The summed E-state index contributed by atoms with van der Waals surface area (Å²) in [5.74, 6) is -0.159. The Morgan fingerprint density at radius 2 is 2.10 bits per heavy atom. The van der Waals surface area contributed by atoms with Gasteiger partial charge in [0.05, 0.1) is 5.69 Å². The molecule has 2 rings (SSSR count). The predicted molar refractivity (Wildman–Crippen MR) is 80.8 cm³/mol. The minimum Gasteiger partial charge on any atom is -0.399 e. The molecule has 0 spiro atoms. The molecule has 2 aromatic rings. The second-order valence-corrected chi connectivity index (χ2v) is 4.72. The van der Waals surface area contributed by atoms with Crippen LogP contribution in [0.15, 0.2) is 24.3 Å². The molecular weight excluding hydrogens is 252 g/mol. The van der Waals surface area contributed by atoms with Gasteiger partial charge in [0.1, 0.15) is 5.69 Å². The molecule has 5 heteroatoms. The monoisotopic (exact) mass is 272 g/mol. The standard InChI is InChI=1S/C15H20N4O/c1-4-12-9-14(19(5-2)18-12)15(20)17-13-8-11(16)7-6-10(13)3/h6-9H,4-5,16H2,1-3H3,(H,17,20). The highest BCUT2D eigenvalue weighted by molar-refractivity contribution is 6.03. The van der Waals surface area contributed by atoms with Gasteiger partial charge in [-0.1, -0.05) is 13.0 Å². The lowest BCUT2D eigenvalue weighted by Gasteiger charge is -2.10. The van der Waals surface area contributed by atoms with Gasteiger partial charge in [-0.05, 0) is 44.0 Å². The highest BCUT2D eigenvalue weighted by atomic mass is 16.2. The van der Waals surface area contributed by atoms with Crippen molar-refractivity contribution in [2.75, 3.05) is 11.1 Å². The highest BCUT2D eigenvalue weighted by Crippen LogP contribution is 2.19. The summed E-state index contributed by atoms with van der Waals surface area (Å²) in [5.41, 5.74) is 9.59. The molecule has 1 aromatic carbocycles. The molecule has 0 atom stereocenters. The van der Waals surface area contributed by atoms with E-state index in [1.54, 1.807) is 10.7 Å². The number of nitrogens with zero attached hydrogens (tertiary/aromatic N) is 2. The van der Waals surface area contributed by atoms with Gasteiger partial charge in [0, 0.05) is 17.9 Å². The number of nitrogens with one attached hydrogen (secondary N) is 1. The zero-order valence-electron chi connectivity index (χ0n) is 12.1. The molecule has 0 aliphatic rings. The highest BCUT2D eigenvalue weighted by Gasteiger charge is 2.15. The maximum absolute atomic E-state index is 12.4. The minimum atomic E-state index is -0.159. The van der Waals surface area contributed by atoms with Crippen molar-refractivity contribution in [1.29, 1.82) is 0 Å². The Balaban J connectivity index is 2.28. The molecule has 106 valence electrons. The Kier molecular flexibility index (Phi) is 4.08. The Labute approximate surface area is 118 Å². The van der Waals surface area contributed by atoms with Crippen molar-refractivity contribution in [3.05, 3.63) is 41.2 Å². The van der Waals surface area contributed by atoms with Crippen LogP contribution in [0.3, 0.4) is 0 Å². The van der Waals surface area contributed by atoms with E-state index in [-0.39, 0.29) is 5.91 Å². The average molecular weight is 272 g/mol. The van der Waals surface area contributed by atoms with E-state index < -0.39 is 0 Å². The third-order valence-electron chi connectivity index (χ3n) is 3.23. The van der Waals surface area contributed by atoms with Gasteiger partial charge < -0.3 is 11.1 Å². The van der Waals surface area contributed by atoms with E-state index >= 15 is 0 Å². The first-order valence-electron chi connectivity index (χ1n) is 6.79. The summed E-state index contributed by atoms with van der Waals surface area (Å²) in [6.45, 7) is 6.59. The van der Waals surface area contributed by atoms with Crippen molar-refractivity contribution in [3.8, 4) is 0 Å². The van der Waals surface area contributed by atoms with Crippen LogP contribution in [0, 0.1) is 6.92 Å². The van der Waals surface area contributed by atoms with E-state index in [2.05, 4.69) is 10.4 Å². The molecule has 0 fully saturated rings. The molecule has 0 unspecified atom stereocenters. The minimum absolute atomic E-state index is 0.159. The van der Waals surface area contributed by atoms with Gasteiger partial charge in [0.15, 0.2) is 0 Å². The molecule has 0 saturated heterocycles. The summed E-state index contributed by atoms with van der Waals surface area (Å²) in [6, 6.07) is 7.30. The summed E-state index contributed by atoms with van der Waals surface area (Å²) < 4.78 is 1.72. The predicted octanol–water partition coefficient (Wildman–Crippen LogP) is 2.61. The third kappa shape index (κ3) is 2.82. The van der Waals surface area contributed by atoms with E-state index in [9.17, 15) is 4.79 Å². The first-order valence-corrected chi connectivity index (χ1v) is 6.79. The van der Waals surface area contributed by atoms with Crippen LogP contribution in [0.1, 0.15) is 35.6 Å². The van der Waals surface area contributed by atoms with Crippen LogP contribution in [-0.2, 0) is 13.0 Å². The van der Waals surface area contributed by atoms with Gasteiger partial charge in [-0.2, -0.15) is 5.10 Å². The lowest BCUT2D eigenvalue weighted by atomic mass is 10.1. The number of benzene rings is 1. The summed E-state index contributed by atoms with van der Waals surface area (Å²) in [5, 5.41) is 7.28. The van der Waals surface area contributed by atoms with Crippen molar-refractivity contribution in [2.24, 2.45) is 0 Å². The van der Waals surface area contributed by atoms with E-state index in [0.717, 1.165) is 23.4 Å². The van der Waals surface area contributed by atoms with Crippen LogP contribution in [0.4, 0.5) is 11.4 Å². The van der Waals surface area contributed by atoms with Crippen LogP contribution in [0.5, 0.6) is 0 Å². The smallest absolute Gasteiger partial charge is 0.273 e. The molecule has 1 aromatic heterocycles. The van der Waals surface area contributed by atoms with Gasteiger partial charge in [0.2, 0.25) is 0 Å². The van der Waals surface area contributed by atoms with Crippen molar-refractivity contribution in [1.82, 2.24) is 9.78 Å². The quantitative estimate of drug-likeness (QED) is 0.840. The summed E-state index contributed by atoms with van der Waals surface area (Å²) in [6.07, 6.45) is 0.810. The molecule has 1 amide bonds. The number of nitrogen functional groups attached to an aromatic ring is 1. The fourth-order valence-corrected chi connectivity index (χ4v) is 2.03. The molecular formula is C15H20N4O. The normalized spacial score (nSPS) is 10.6. The van der Waals surface area contributed by atoms with Crippen molar-refractivity contribution < 1.29 is 4.79 Å². The van der Waals surface area contributed by atoms with Crippen molar-refractivity contribution in [2.45, 2.75) is 33.7 Å². The second-order valence-electron chi connectivity index (χ2n) is 4.72. The maximum Gasteiger partial charge on any atom is 0.273 e. The average Bonchev–Trinajstić information content (AvgIpc) is 2.86. The Bertz CT molecular complexity index is 631. The molecule has 0 aliphatic heterocycles. The molecule has 20 heavy (non-hydrogen) atoms. The van der Waals surface area contributed by atoms with E-state index in [0.29, 0.717) is 17.9 Å². The molecule has 0 aliphatic carbocycles. The van der Waals surface area contributed by atoms with Crippen molar-refractivity contribution >= 4 is 17.3 Å². The topological polar surface area (TPSA) is 72.9 Å². The van der Waals surface area contributed by atoms with Crippen molar-refractivity contribution in [3.63, 3.8) is 0 Å². The number of aromatic nitrogens is 2. The van der Waals surface area contributed by atoms with E-state index in [4.69, 9.17) is 5.73 Å². The lowest BCUT2D eigenvalue weighted by Crippen LogP contribution is -2.18. The molecule has 3 N–H and O–H groups in total. The SMILES string of the molecule is CCc1cc(C(=O)Nc2cc(N)ccc2C)n(CC)n1. The number of amides is 1. The first-order chi connectivity index (χ1) is 9.55. The number of nitrogens with two attached hydrogens (primary N) is 1. The van der Waals surface area contributed by atoms with Crippen LogP contribution < -0.4 is 11.1 Å². The zero-order valence-corrected chi connectivity index (χ0v) is 12.1. The van der Waals surface area contributed by atoms with E-state index in [1.165, 1.54) is 0 Å². The Morgan fingerprint density at radius 1 is 1.35 bits per heavy atom. The summed E-state index contributed by atoms with van der Waals surface area (Å²) in [7, 11) is 0. The van der Waals surface area contributed by atoms with Gasteiger partial charge in [-0.15, -0.1) is 0 Å². The fraction of sp³-hybridized carbons (Fsp3) is 0.333. The molecule has 0 saturated carbocycles. The number of hydrogen-bond acceptors (Lipinski definition) is 3. The van der Waals surface area contributed by atoms with Gasteiger partial charge in [-0.25, -0.2) is 0 Å². The van der Waals surface area contributed by atoms with Crippen LogP contribution in [0.25, 0.3) is 0 Å².